The Morgan fingerprint density at radius 3 is 2.93 bits per heavy atom. The number of imidazole rings is 1. The van der Waals surface area contributed by atoms with E-state index in [2.05, 4.69) is 16.0 Å². The molecule has 0 fully saturated rings. The van der Waals surface area contributed by atoms with E-state index in [0.717, 1.165) is 11.0 Å². The van der Waals surface area contributed by atoms with Crippen LogP contribution in [0.2, 0.25) is 0 Å². The molecule has 0 aliphatic carbocycles. The highest BCUT2D eigenvalue weighted by Gasteiger charge is 2.27. The summed E-state index contributed by atoms with van der Waals surface area (Å²) < 4.78 is 27.0. The fourth-order valence-corrected chi connectivity index (χ4v) is 3.39. The van der Waals surface area contributed by atoms with Gasteiger partial charge in [0.15, 0.2) is 6.10 Å². The Bertz CT molecular complexity index is 1240. The highest BCUT2D eigenvalue weighted by atomic mass is 19.1. The quantitative estimate of drug-likeness (QED) is 0.531. The molecule has 0 spiro atoms. The van der Waals surface area contributed by atoms with Crippen LogP contribution in [-0.4, -0.2) is 27.2 Å². The maximum absolute atomic E-state index is 13.4. The number of nitrogens with zero attached hydrogens (tertiary/aromatic N) is 4. The Morgan fingerprint density at radius 1 is 1.21 bits per heavy atom. The topological polar surface area (TPSA) is 73.0 Å². The van der Waals surface area contributed by atoms with Gasteiger partial charge in [-0.1, -0.05) is 12.1 Å². The zero-order valence-corrected chi connectivity index (χ0v) is 15.2. The molecule has 0 saturated heterocycles. The van der Waals surface area contributed by atoms with Crippen LogP contribution < -0.4 is 9.47 Å². The number of pyridine rings is 1. The number of aromatic nitrogens is 3. The maximum Gasteiger partial charge on any atom is 0.297 e. The Morgan fingerprint density at radius 2 is 2.14 bits per heavy atom. The minimum atomic E-state index is -0.295. The average molecular weight is 386 g/mol. The maximum atomic E-state index is 13.4. The highest BCUT2D eigenvalue weighted by molar-refractivity contribution is 5.78. The first-order valence-corrected chi connectivity index (χ1v) is 9.11. The number of benzene rings is 2. The first kappa shape index (κ1) is 17.2. The summed E-state index contributed by atoms with van der Waals surface area (Å²) in [4.78, 5) is 8.80. The second-order valence-corrected chi connectivity index (χ2v) is 6.76. The third-order valence-corrected chi connectivity index (χ3v) is 4.79. The number of halogens is 1. The molecule has 3 heterocycles. The number of rotatable bonds is 4. The van der Waals surface area contributed by atoms with E-state index in [1.54, 1.807) is 36.5 Å². The molecule has 5 rings (SSSR count). The lowest BCUT2D eigenvalue weighted by atomic mass is 10.1. The number of ether oxygens (including phenoxy) is 2. The number of hydrogen-bond donors (Lipinski definition) is 0. The van der Waals surface area contributed by atoms with Gasteiger partial charge < -0.3 is 9.47 Å². The van der Waals surface area contributed by atoms with Gasteiger partial charge in [-0.3, -0.25) is 9.55 Å². The van der Waals surface area contributed by atoms with E-state index >= 15 is 0 Å². The van der Waals surface area contributed by atoms with Crippen LogP contribution in [0.15, 0.2) is 60.8 Å². The average Bonchev–Trinajstić information content (AvgIpc) is 3.29. The van der Waals surface area contributed by atoms with Crippen molar-refractivity contribution in [3.8, 4) is 29.1 Å². The van der Waals surface area contributed by atoms with Gasteiger partial charge in [0.05, 0.1) is 41.1 Å². The van der Waals surface area contributed by atoms with Crippen LogP contribution in [-0.2, 0) is 6.54 Å². The first-order chi connectivity index (χ1) is 14.2. The second-order valence-electron chi connectivity index (χ2n) is 6.76. The predicted octanol–water partition coefficient (Wildman–Crippen LogP) is 3.95. The molecule has 4 aromatic rings. The lowest BCUT2D eigenvalue weighted by molar-refractivity contribution is 0.143. The second kappa shape index (κ2) is 6.91. The molecule has 2 aromatic heterocycles. The van der Waals surface area contributed by atoms with Crippen LogP contribution in [0.5, 0.6) is 11.8 Å². The molecule has 0 radical (unpaired) electrons. The van der Waals surface area contributed by atoms with Crippen molar-refractivity contribution >= 4 is 11.0 Å². The van der Waals surface area contributed by atoms with Crippen LogP contribution in [0.1, 0.15) is 5.56 Å². The summed E-state index contributed by atoms with van der Waals surface area (Å²) in [6.45, 7) is 0.967. The van der Waals surface area contributed by atoms with Gasteiger partial charge in [0.1, 0.15) is 18.2 Å². The fourth-order valence-electron chi connectivity index (χ4n) is 3.39. The van der Waals surface area contributed by atoms with E-state index in [1.807, 2.05) is 16.7 Å². The van der Waals surface area contributed by atoms with E-state index < -0.39 is 0 Å². The van der Waals surface area contributed by atoms with Crippen LogP contribution in [0.3, 0.4) is 0 Å². The highest BCUT2D eigenvalue weighted by Crippen LogP contribution is 2.29. The molecule has 7 heteroatoms. The fraction of sp³-hybridized carbons (Fsp3) is 0.136. The zero-order chi connectivity index (χ0) is 19.8. The summed E-state index contributed by atoms with van der Waals surface area (Å²) in [5.74, 6) is 0.318. The van der Waals surface area contributed by atoms with Crippen LogP contribution >= 0.6 is 0 Å². The standard InChI is InChI=1S/C22H15FN4O2/c23-16-3-1-2-15(9-16)19-6-5-17(11-25-19)28-13-18-12-27-21-7-4-14(10-24)8-20(21)26-22(27)29-18/h1-9,11,18H,12-13H2/t18-/m0/s1. The molecule has 1 atom stereocenters. The first-order valence-electron chi connectivity index (χ1n) is 9.11. The summed E-state index contributed by atoms with van der Waals surface area (Å²) in [6, 6.07) is 18.0. The molecule has 1 aliphatic heterocycles. The van der Waals surface area contributed by atoms with Crippen molar-refractivity contribution in [3.63, 3.8) is 0 Å². The lowest BCUT2D eigenvalue weighted by Crippen LogP contribution is -2.23. The third-order valence-electron chi connectivity index (χ3n) is 4.79. The van der Waals surface area contributed by atoms with Crippen molar-refractivity contribution in [1.29, 1.82) is 5.26 Å². The molecule has 0 amide bonds. The molecule has 0 saturated carbocycles. The third kappa shape index (κ3) is 3.25. The molecule has 1 aliphatic rings. The van der Waals surface area contributed by atoms with Crippen molar-refractivity contribution in [2.45, 2.75) is 12.6 Å². The lowest BCUT2D eigenvalue weighted by Gasteiger charge is -2.12. The molecule has 0 unspecified atom stereocenters. The number of nitriles is 1. The van der Waals surface area contributed by atoms with Crippen molar-refractivity contribution in [2.24, 2.45) is 0 Å². The molecular weight excluding hydrogens is 371 g/mol. The van der Waals surface area contributed by atoms with E-state index in [-0.39, 0.29) is 11.9 Å². The molecule has 29 heavy (non-hydrogen) atoms. The smallest absolute Gasteiger partial charge is 0.297 e. The summed E-state index contributed by atoms with van der Waals surface area (Å²) in [6.07, 6.45) is 1.45. The number of hydrogen-bond acceptors (Lipinski definition) is 5. The van der Waals surface area contributed by atoms with Gasteiger partial charge in [0, 0.05) is 5.56 Å². The van der Waals surface area contributed by atoms with Gasteiger partial charge in [0.2, 0.25) is 0 Å². The largest absolute Gasteiger partial charge is 0.488 e. The molecule has 6 nitrogen and oxygen atoms in total. The summed E-state index contributed by atoms with van der Waals surface area (Å²) in [5.41, 5.74) is 3.64. The molecule has 0 bridgehead atoms. The summed E-state index contributed by atoms with van der Waals surface area (Å²) in [5, 5.41) is 9.00. The monoisotopic (exact) mass is 386 g/mol. The zero-order valence-electron chi connectivity index (χ0n) is 15.2. The van der Waals surface area contributed by atoms with Gasteiger partial charge >= 0.3 is 0 Å². The predicted molar refractivity (Wildman–Crippen MR) is 104 cm³/mol. The Kier molecular flexibility index (Phi) is 4.10. The van der Waals surface area contributed by atoms with E-state index in [0.29, 0.717) is 41.7 Å². The Labute approximate surface area is 165 Å². The van der Waals surface area contributed by atoms with Crippen molar-refractivity contribution in [1.82, 2.24) is 14.5 Å². The van der Waals surface area contributed by atoms with Crippen molar-refractivity contribution in [3.05, 3.63) is 72.2 Å². The molecule has 0 N–H and O–H groups in total. The van der Waals surface area contributed by atoms with Gasteiger partial charge in [-0.05, 0) is 42.5 Å². The minimum absolute atomic E-state index is 0.166. The number of fused-ring (bicyclic) bond motifs is 3. The molecule has 142 valence electrons. The molecular formula is C22H15FN4O2. The van der Waals surface area contributed by atoms with Gasteiger partial charge in [0.25, 0.3) is 6.01 Å². The van der Waals surface area contributed by atoms with E-state index in [4.69, 9.17) is 14.7 Å². The van der Waals surface area contributed by atoms with Gasteiger partial charge in [-0.2, -0.15) is 10.2 Å². The Balaban J connectivity index is 1.24. The normalized spacial score (nSPS) is 15.0. The SMILES string of the molecule is N#Cc1ccc2c(c1)nc1n2C[C@@H](COc2ccc(-c3cccc(F)c3)nc2)O1. The Hall–Kier alpha value is -3.92. The van der Waals surface area contributed by atoms with Crippen molar-refractivity contribution in [2.75, 3.05) is 6.61 Å². The van der Waals surface area contributed by atoms with Crippen LogP contribution in [0.25, 0.3) is 22.3 Å². The van der Waals surface area contributed by atoms with E-state index in [9.17, 15) is 4.39 Å². The minimum Gasteiger partial charge on any atom is -0.488 e. The summed E-state index contributed by atoms with van der Waals surface area (Å²) in [7, 11) is 0. The van der Waals surface area contributed by atoms with Gasteiger partial charge in [-0.15, -0.1) is 0 Å². The van der Waals surface area contributed by atoms with Crippen LogP contribution in [0, 0.1) is 17.1 Å². The van der Waals surface area contributed by atoms with Crippen LogP contribution in [0.4, 0.5) is 4.39 Å². The van der Waals surface area contributed by atoms with Gasteiger partial charge in [-0.25, -0.2) is 4.39 Å². The van der Waals surface area contributed by atoms with Crippen molar-refractivity contribution < 1.29 is 13.9 Å². The summed E-state index contributed by atoms with van der Waals surface area (Å²) >= 11 is 0. The van der Waals surface area contributed by atoms with E-state index in [1.165, 1.54) is 12.1 Å². The molecule has 2 aromatic carbocycles.